The standard InChI is InChI=1S/C24H34N2O4/c1-19(27)20-8-10-22(11-9-20)30-18-6-7-23(28)25-16-12-21(13-17-25)24(29)26-14-4-2-3-5-15-26/h8-11,21H,2-7,12-18H2,1H3. The summed E-state index contributed by atoms with van der Waals surface area (Å²) in [5.41, 5.74) is 0.662. The summed E-state index contributed by atoms with van der Waals surface area (Å²) in [4.78, 5) is 40.5. The van der Waals surface area contributed by atoms with Crippen molar-refractivity contribution in [2.45, 2.75) is 58.3 Å². The number of hydrogen-bond acceptors (Lipinski definition) is 4. The highest BCUT2D eigenvalue weighted by molar-refractivity contribution is 5.94. The molecule has 2 saturated heterocycles. The second-order valence-electron chi connectivity index (χ2n) is 8.43. The fourth-order valence-corrected chi connectivity index (χ4v) is 4.28. The number of nitrogens with zero attached hydrogens (tertiary/aromatic N) is 2. The molecule has 0 radical (unpaired) electrons. The Morgan fingerprint density at radius 3 is 2.13 bits per heavy atom. The predicted molar refractivity (Wildman–Crippen MR) is 116 cm³/mol. The lowest BCUT2D eigenvalue weighted by atomic mass is 9.95. The van der Waals surface area contributed by atoms with Crippen LogP contribution in [0.15, 0.2) is 24.3 Å². The van der Waals surface area contributed by atoms with Gasteiger partial charge in [-0.15, -0.1) is 0 Å². The molecule has 0 bridgehead atoms. The highest BCUT2D eigenvalue weighted by Gasteiger charge is 2.30. The maximum absolute atomic E-state index is 12.8. The number of Topliss-reactive ketones (excluding diaryl/α,β-unsaturated/α-hetero) is 1. The Morgan fingerprint density at radius 2 is 1.53 bits per heavy atom. The molecule has 0 aliphatic carbocycles. The lowest BCUT2D eigenvalue weighted by molar-refractivity contribution is -0.140. The van der Waals surface area contributed by atoms with E-state index in [0.29, 0.717) is 49.8 Å². The molecule has 0 N–H and O–H groups in total. The van der Waals surface area contributed by atoms with Crippen LogP contribution in [0, 0.1) is 5.92 Å². The van der Waals surface area contributed by atoms with Crippen LogP contribution in [-0.2, 0) is 9.59 Å². The van der Waals surface area contributed by atoms with Crippen molar-refractivity contribution in [3.05, 3.63) is 29.8 Å². The lowest BCUT2D eigenvalue weighted by Crippen LogP contribution is -2.44. The number of carbonyl (C=O) groups is 3. The van der Waals surface area contributed by atoms with Crippen LogP contribution in [0.1, 0.15) is 68.6 Å². The first-order valence-corrected chi connectivity index (χ1v) is 11.3. The molecule has 2 aliphatic heterocycles. The minimum absolute atomic E-state index is 0.0315. The molecule has 2 aliphatic rings. The van der Waals surface area contributed by atoms with E-state index in [0.717, 1.165) is 38.8 Å². The van der Waals surface area contributed by atoms with Gasteiger partial charge in [0.05, 0.1) is 6.61 Å². The SMILES string of the molecule is CC(=O)c1ccc(OCCCC(=O)N2CCC(C(=O)N3CCCCCC3)CC2)cc1. The largest absolute Gasteiger partial charge is 0.494 e. The Hall–Kier alpha value is -2.37. The number of hydrogen-bond donors (Lipinski definition) is 0. The fraction of sp³-hybridized carbons (Fsp3) is 0.625. The molecule has 0 unspecified atom stereocenters. The molecular weight excluding hydrogens is 380 g/mol. The second kappa shape index (κ2) is 11.1. The summed E-state index contributed by atoms with van der Waals surface area (Å²) in [7, 11) is 0. The number of piperidine rings is 1. The number of benzene rings is 1. The van der Waals surface area contributed by atoms with Crippen LogP contribution < -0.4 is 4.74 Å². The highest BCUT2D eigenvalue weighted by atomic mass is 16.5. The van der Waals surface area contributed by atoms with E-state index in [2.05, 4.69) is 4.90 Å². The van der Waals surface area contributed by atoms with Gasteiger partial charge >= 0.3 is 0 Å². The predicted octanol–water partition coefficient (Wildman–Crippen LogP) is 3.69. The first kappa shape index (κ1) is 22.3. The van der Waals surface area contributed by atoms with Crippen LogP contribution >= 0.6 is 0 Å². The van der Waals surface area contributed by atoms with Gasteiger partial charge in [0, 0.05) is 44.1 Å². The summed E-state index contributed by atoms with van der Waals surface area (Å²) in [6.45, 7) is 5.15. The van der Waals surface area contributed by atoms with E-state index in [-0.39, 0.29) is 17.6 Å². The molecule has 3 rings (SSSR count). The minimum atomic E-state index is 0.0315. The van der Waals surface area contributed by atoms with Gasteiger partial charge in [0.15, 0.2) is 5.78 Å². The third-order valence-electron chi connectivity index (χ3n) is 6.18. The van der Waals surface area contributed by atoms with E-state index >= 15 is 0 Å². The molecule has 6 heteroatoms. The van der Waals surface area contributed by atoms with Crippen LogP contribution in [0.5, 0.6) is 5.75 Å². The van der Waals surface area contributed by atoms with Crippen molar-refractivity contribution < 1.29 is 19.1 Å². The summed E-state index contributed by atoms with van der Waals surface area (Å²) >= 11 is 0. The average molecular weight is 415 g/mol. The molecule has 2 heterocycles. The molecule has 2 fully saturated rings. The quantitative estimate of drug-likeness (QED) is 0.504. The van der Waals surface area contributed by atoms with Crippen LogP contribution in [0.2, 0.25) is 0 Å². The van der Waals surface area contributed by atoms with Gasteiger partial charge in [0.1, 0.15) is 5.75 Å². The van der Waals surface area contributed by atoms with Gasteiger partial charge in [0.25, 0.3) is 0 Å². The van der Waals surface area contributed by atoms with Crippen LogP contribution in [0.25, 0.3) is 0 Å². The Balaban J connectivity index is 1.34. The summed E-state index contributed by atoms with van der Waals surface area (Å²) in [6, 6.07) is 7.06. The third kappa shape index (κ3) is 6.31. The van der Waals surface area contributed by atoms with Gasteiger partial charge in [0.2, 0.25) is 11.8 Å². The molecule has 0 spiro atoms. The molecule has 0 atom stereocenters. The number of ketones is 1. The van der Waals surface area contributed by atoms with Crippen LogP contribution in [0.3, 0.4) is 0 Å². The fourth-order valence-electron chi connectivity index (χ4n) is 4.28. The van der Waals surface area contributed by atoms with Gasteiger partial charge in [-0.25, -0.2) is 0 Å². The van der Waals surface area contributed by atoms with Crippen molar-refractivity contribution in [2.75, 3.05) is 32.8 Å². The second-order valence-corrected chi connectivity index (χ2v) is 8.43. The third-order valence-corrected chi connectivity index (χ3v) is 6.18. The first-order valence-electron chi connectivity index (χ1n) is 11.3. The average Bonchev–Trinajstić information content (AvgIpc) is 3.06. The van der Waals surface area contributed by atoms with Gasteiger partial charge < -0.3 is 14.5 Å². The molecule has 2 amide bonds. The van der Waals surface area contributed by atoms with Crippen LogP contribution in [0.4, 0.5) is 0 Å². The van der Waals surface area contributed by atoms with Crippen molar-refractivity contribution in [1.29, 1.82) is 0 Å². The highest BCUT2D eigenvalue weighted by Crippen LogP contribution is 2.22. The maximum Gasteiger partial charge on any atom is 0.225 e. The Bertz CT molecular complexity index is 715. The lowest BCUT2D eigenvalue weighted by Gasteiger charge is -2.34. The number of likely N-dealkylation sites (tertiary alicyclic amines) is 2. The van der Waals surface area contributed by atoms with E-state index in [4.69, 9.17) is 4.74 Å². The Morgan fingerprint density at radius 1 is 0.900 bits per heavy atom. The van der Waals surface area contributed by atoms with Gasteiger partial charge in [-0.05, 0) is 63.3 Å². The van der Waals surface area contributed by atoms with Gasteiger partial charge in [-0.3, -0.25) is 14.4 Å². The maximum atomic E-state index is 12.8. The zero-order chi connectivity index (χ0) is 21.3. The number of amides is 2. The summed E-state index contributed by atoms with van der Waals surface area (Å²) in [6.07, 6.45) is 7.35. The van der Waals surface area contributed by atoms with Crippen LogP contribution in [-0.4, -0.2) is 60.2 Å². The van der Waals surface area contributed by atoms with E-state index in [9.17, 15) is 14.4 Å². The summed E-state index contributed by atoms with van der Waals surface area (Å²) in [5, 5.41) is 0. The minimum Gasteiger partial charge on any atom is -0.494 e. The topological polar surface area (TPSA) is 66.9 Å². The molecule has 164 valence electrons. The zero-order valence-electron chi connectivity index (χ0n) is 18.1. The van der Waals surface area contributed by atoms with Crippen molar-refractivity contribution in [2.24, 2.45) is 5.92 Å². The molecule has 1 aromatic rings. The van der Waals surface area contributed by atoms with Gasteiger partial charge in [-0.1, -0.05) is 12.8 Å². The zero-order valence-corrected chi connectivity index (χ0v) is 18.1. The van der Waals surface area contributed by atoms with Gasteiger partial charge in [-0.2, -0.15) is 0 Å². The molecule has 0 aromatic heterocycles. The van der Waals surface area contributed by atoms with Crippen molar-refractivity contribution >= 4 is 17.6 Å². The first-order chi connectivity index (χ1) is 14.5. The summed E-state index contributed by atoms with van der Waals surface area (Å²) in [5.74, 6) is 1.26. The number of ether oxygens (including phenoxy) is 1. The number of carbonyl (C=O) groups excluding carboxylic acids is 3. The Labute approximate surface area is 179 Å². The number of rotatable bonds is 7. The Kier molecular flexibility index (Phi) is 8.29. The van der Waals surface area contributed by atoms with E-state index in [1.807, 2.05) is 4.90 Å². The normalized spacial score (nSPS) is 18.0. The molecule has 30 heavy (non-hydrogen) atoms. The monoisotopic (exact) mass is 414 g/mol. The van der Waals surface area contributed by atoms with E-state index in [1.54, 1.807) is 24.3 Å². The molecule has 1 aromatic carbocycles. The molecule has 0 saturated carbocycles. The van der Waals surface area contributed by atoms with E-state index in [1.165, 1.54) is 19.8 Å². The van der Waals surface area contributed by atoms with Crippen molar-refractivity contribution in [3.63, 3.8) is 0 Å². The molecular formula is C24H34N2O4. The molecule has 6 nitrogen and oxygen atoms in total. The van der Waals surface area contributed by atoms with E-state index < -0.39 is 0 Å². The van der Waals surface area contributed by atoms with Crippen molar-refractivity contribution in [1.82, 2.24) is 9.80 Å². The summed E-state index contributed by atoms with van der Waals surface area (Å²) < 4.78 is 5.67. The smallest absolute Gasteiger partial charge is 0.225 e. The van der Waals surface area contributed by atoms with Crippen molar-refractivity contribution in [3.8, 4) is 5.75 Å².